The normalized spacial score (nSPS) is 23.2. The van der Waals surface area contributed by atoms with Gasteiger partial charge >= 0.3 is 5.97 Å². The van der Waals surface area contributed by atoms with Gasteiger partial charge in [0.1, 0.15) is 0 Å². The Kier molecular flexibility index (Phi) is 3.53. The van der Waals surface area contributed by atoms with Gasteiger partial charge in [-0.2, -0.15) is 0 Å². The van der Waals surface area contributed by atoms with Crippen molar-refractivity contribution >= 4 is 5.97 Å². The van der Waals surface area contributed by atoms with Crippen molar-refractivity contribution in [1.82, 2.24) is 4.90 Å². The molecule has 0 bridgehead atoms. The van der Waals surface area contributed by atoms with Crippen molar-refractivity contribution in [3.8, 4) is 0 Å². The van der Waals surface area contributed by atoms with Crippen LogP contribution in [-0.2, 0) is 4.79 Å². The van der Waals surface area contributed by atoms with Crippen molar-refractivity contribution in [2.24, 2.45) is 11.8 Å². The Morgan fingerprint density at radius 3 is 2.21 bits per heavy atom. The summed E-state index contributed by atoms with van der Waals surface area (Å²) in [4.78, 5) is 13.0. The van der Waals surface area contributed by atoms with E-state index >= 15 is 0 Å². The Bertz CT molecular complexity index is 213. The molecule has 0 aromatic heterocycles. The number of hydrogen-bond acceptors (Lipinski definition) is 2. The van der Waals surface area contributed by atoms with Gasteiger partial charge in [-0.05, 0) is 39.7 Å². The van der Waals surface area contributed by atoms with Crippen LogP contribution in [0.5, 0.6) is 0 Å². The smallest absolute Gasteiger partial charge is 0.307 e. The quantitative estimate of drug-likeness (QED) is 0.734. The first kappa shape index (κ1) is 11.5. The van der Waals surface area contributed by atoms with E-state index in [1.54, 1.807) is 6.92 Å². The van der Waals surface area contributed by atoms with E-state index in [1.807, 2.05) is 14.0 Å². The summed E-state index contributed by atoms with van der Waals surface area (Å²) in [5.74, 6) is -0.197. The highest BCUT2D eigenvalue weighted by atomic mass is 16.4. The third kappa shape index (κ3) is 2.47. The average molecular weight is 199 g/mol. The van der Waals surface area contributed by atoms with Gasteiger partial charge < -0.3 is 5.11 Å². The predicted molar refractivity (Wildman–Crippen MR) is 56.2 cm³/mol. The summed E-state index contributed by atoms with van der Waals surface area (Å²) in [5.41, 5.74) is 0. The van der Waals surface area contributed by atoms with Crippen molar-refractivity contribution < 1.29 is 9.90 Å². The third-order valence-electron chi connectivity index (χ3n) is 3.70. The van der Waals surface area contributed by atoms with Gasteiger partial charge in [-0.15, -0.1) is 0 Å². The van der Waals surface area contributed by atoms with Crippen LogP contribution in [0.1, 0.15) is 33.6 Å². The molecule has 1 aliphatic carbocycles. The second-order valence-corrected chi connectivity index (χ2v) is 4.61. The molecule has 0 aromatic rings. The summed E-state index contributed by atoms with van der Waals surface area (Å²) in [6.45, 7) is 5.98. The van der Waals surface area contributed by atoms with Gasteiger partial charge in [0.2, 0.25) is 0 Å². The number of hydrogen-bond donors (Lipinski definition) is 1. The fourth-order valence-electron chi connectivity index (χ4n) is 1.84. The molecular formula is C11H21NO2. The maximum absolute atomic E-state index is 10.8. The molecule has 1 aliphatic rings. The van der Waals surface area contributed by atoms with Crippen molar-refractivity contribution in [2.75, 3.05) is 7.05 Å². The van der Waals surface area contributed by atoms with Crippen LogP contribution in [0.2, 0.25) is 0 Å². The van der Waals surface area contributed by atoms with Gasteiger partial charge in [-0.3, -0.25) is 9.69 Å². The van der Waals surface area contributed by atoms with Crippen molar-refractivity contribution in [3.63, 3.8) is 0 Å². The van der Waals surface area contributed by atoms with Crippen LogP contribution in [0, 0.1) is 11.8 Å². The minimum Gasteiger partial charge on any atom is -0.481 e. The molecule has 1 rings (SSSR count). The van der Waals surface area contributed by atoms with E-state index in [4.69, 9.17) is 5.11 Å². The highest BCUT2D eigenvalue weighted by Crippen LogP contribution is 2.35. The van der Waals surface area contributed by atoms with Gasteiger partial charge in [0, 0.05) is 12.1 Å². The first-order valence-corrected chi connectivity index (χ1v) is 5.40. The molecule has 0 amide bonds. The topological polar surface area (TPSA) is 40.5 Å². The van der Waals surface area contributed by atoms with Crippen LogP contribution in [0.3, 0.4) is 0 Å². The lowest BCUT2D eigenvalue weighted by atomic mass is 10.0. The minimum atomic E-state index is -0.702. The second kappa shape index (κ2) is 4.30. The Balaban J connectivity index is 2.49. The molecular weight excluding hydrogens is 178 g/mol. The van der Waals surface area contributed by atoms with E-state index < -0.39 is 5.97 Å². The fourth-order valence-corrected chi connectivity index (χ4v) is 1.84. The number of carbonyl (C=O) groups is 1. The summed E-state index contributed by atoms with van der Waals surface area (Å²) in [5, 5.41) is 8.91. The highest BCUT2D eigenvalue weighted by molar-refractivity contribution is 5.70. The number of aliphatic carboxylic acids is 1. The van der Waals surface area contributed by atoms with Gasteiger partial charge in [0.25, 0.3) is 0 Å². The second-order valence-electron chi connectivity index (χ2n) is 4.61. The van der Waals surface area contributed by atoms with Crippen LogP contribution in [0.15, 0.2) is 0 Å². The first-order valence-electron chi connectivity index (χ1n) is 5.40. The molecule has 0 aromatic carbocycles. The summed E-state index contributed by atoms with van der Waals surface area (Å²) in [7, 11) is 2.03. The Hall–Kier alpha value is -0.570. The predicted octanol–water partition coefficient (Wildman–Crippen LogP) is 1.83. The summed E-state index contributed by atoms with van der Waals surface area (Å²) >= 11 is 0. The van der Waals surface area contributed by atoms with E-state index in [9.17, 15) is 4.79 Å². The first-order chi connectivity index (χ1) is 6.45. The van der Waals surface area contributed by atoms with Gasteiger partial charge in [-0.1, -0.05) is 6.92 Å². The molecule has 3 heteroatoms. The van der Waals surface area contributed by atoms with E-state index in [0.29, 0.717) is 6.04 Å². The molecule has 1 N–H and O–H groups in total. The third-order valence-corrected chi connectivity index (χ3v) is 3.70. The fraction of sp³-hybridized carbons (Fsp3) is 0.909. The maximum Gasteiger partial charge on any atom is 0.307 e. The summed E-state index contributed by atoms with van der Waals surface area (Å²) < 4.78 is 0. The van der Waals surface area contributed by atoms with Crippen LogP contribution >= 0.6 is 0 Å². The molecule has 0 saturated heterocycles. The van der Waals surface area contributed by atoms with Gasteiger partial charge in [0.05, 0.1) is 5.92 Å². The molecule has 3 atom stereocenters. The molecule has 0 radical (unpaired) electrons. The average Bonchev–Trinajstić information content (AvgIpc) is 2.96. The molecule has 1 fully saturated rings. The highest BCUT2D eigenvalue weighted by Gasteiger charge is 2.34. The Morgan fingerprint density at radius 2 is 1.86 bits per heavy atom. The zero-order valence-corrected chi connectivity index (χ0v) is 9.53. The zero-order valence-electron chi connectivity index (χ0n) is 9.53. The van der Waals surface area contributed by atoms with E-state index in [1.165, 1.54) is 12.8 Å². The lowest BCUT2D eigenvalue weighted by Crippen LogP contribution is -2.43. The molecule has 0 aliphatic heterocycles. The number of carboxylic acids is 1. The van der Waals surface area contributed by atoms with E-state index in [2.05, 4.69) is 11.8 Å². The lowest BCUT2D eigenvalue weighted by molar-refractivity contribution is -0.143. The monoisotopic (exact) mass is 199 g/mol. The lowest BCUT2D eigenvalue weighted by Gasteiger charge is -2.33. The SMILES string of the molecule is CC(C(=O)O)C(C)N(C)C(C)C1CC1. The minimum absolute atomic E-state index is 0.114. The maximum atomic E-state index is 10.8. The van der Waals surface area contributed by atoms with Crippen molar-refractivity contribution in [2.45, 2.75) is 45.7 Å². The van der Waals surface area contributed by atoms with Gasteiger partial charge in [0.15, 0.2) is 0 Å². The van der Waals surface area contributed by atoms with Crippen LogP contribution < -0.4 is 0 Å². The van der Waals surface area contributed by atoms with Gasteiger partial charge in [-0.25, -0.2) is 0 Å². The largest absolute Gasteiger partial charge is 0.481 e. The molecule has 3 unspecified atom stereocenters. The summed E-state index contributed by atoms with van der Waals surface area (Å²) in [6, 6.07) is 0.634. The standard InChI is InChI=1S/C11H21NO2/c1-7(11(13)14)8(2)12(4)9(3)10-5-6-10/h7-10H,5-6H2,1-4H3,(H,13,14). The Morgan fingerprint density at radius 1 is 1.36 bits per heavy atom. The summed E-state index contributed by atoms with van der Waals surface area (Å²) in [6.07, 6.45) is 2.61. The van der Waals surface area contributed by atoms with E-state index in [0.717, 1.165) is 5.92 Å². The van der Waals surface area contributed by atoms with E-state index in [-0.39, 0.29) is 12.0 Å². The van der Waals surface area contributed by atoms with Crippen molar-refractivity contribution in [1.29, 1.82) is 0 Å². The number of carboxylic acid groups (broad SMARTS) is 1. The van der Waals surface area contributed by atoms with Crippen LogP contribution in [-0.4, -0.2) is 35.1 Å². The zero-order chi connectivity index (χ0) is 10.9. The molecule has 82 valence electrons. The number of rotatable bonds is 5. The Labute approximate surface area is 86.1 Å². The molecule has 1 saturated carbocycles. The molecule has 0 spiro atoms. The molecule has 14 heavy (non-hydrogen) atoms. The molecule has 3 nitrogen and oxygen atoms in total. The molecule has 0 heterocycles. The van der Waals surface area contributed by atoms with Crippen LogP contribution in [0.4, 0.5) is 0 Å². The number of nitrogens with zero attached hydrogens (tertiary/aromatic N) is 1. The van der Waals surface area contributed by atoms with Crippen molar-refractivity contribution in [3.05, 3.63) is 0 Å². The van der Waals surface area contributed by atoms with Crippen LogP contribution in [0.25, 0.3) is 0 Å².